The van der Waals surface area contributed by atoms with E-state index in [0.717, 1.165) is 61.9 Å². The standard InChI is InChI=1S/C20H24N4O/c25-20(17-5-6-17)23-11-14-1-3-16(4-2-14)19-18(12-22-13-24-19)15-7-9-21-10-8-15/h7-10,12-14,16-17H,1-6,11H2,(H,23,25). The van der Waals surface area contributed by atoms with E-state index >= 15 is 0 Å². The Hall–Kier alpha value is -2.30. The van der Waals surface area contributed by atoms with E-state index in [1.165, 1.54) is 0 Å². The van der Waals surface area contributed by atoms with Crippen molar-refractivity contribution in [2.45, 2.75) is 44.4 Å². The minimum Gasteiger partial charge on any atom is -0.356 e. The van der Waals surface area contributed by atoms with Crippen LogP contribution in [0.2, 0.25) is 0 Å². The number of nitrogens with zero attached hydrogens (tertiary/aromatic N) is 3. The number of amides is 1. The van der Waals surface area contributed by atoms with Crippen LogP contribution in [-0.4, -0.2) is 27.4 Å². The zero-order chi connectivity index (χ0) is 17.1. The average molecular weight is 336 g/mol. The Bertz CT molecular complexity index is 721. The Balaban J connectivity index is 1.38. The van der Waals surface area contributed by atoms with Crippen molar-refractivity contribution >= 4 is 5.91 Å². The summed E-state index contributed by atoms with van der Waals surface area (Å²) in [4.78, 5) is 24.7. The van der Waals surface area contributed by atoms with E-state index in [4.69, 9.17) is 0 Å². The molecule has 2 heterocycles. The summed E-state index contributed by atoms with van der Waals surface area (Å²) in [5, 5.41) is 3.13. The SMILES string of the molecule is O=C(NCC1CCC(c2ncncc2-c2ccncc2)CC1)C1CC1. The molecular formula is C20H24N4O. The van der Waals surface area contributed by atoms with Crippen molar-refractivity contribution in [2.75, 3.05) is 6.54 Å². The number of hydrogen-bond donors (Lipinski definition) is 1. The third-order valence-corrected chi connectivity index (χ3v) is 5.48. The molecule has 2 aromatic heterocycles. The van der Waals surface area contributed by atoms with Crippen LogP contribution in [0.15, 0.2) is 37.1 Å². The maximum absolute atomic E-state index is 11.8. The molecule has 2 aromatic rings. The van der Waals surface area contributed by atoms with Crippen LogP contribution in [0.3, 0.4) is 0 Å². The highest BCUT2D eigenvalue weighted by Crippen LogP contribution is 2.38. The van der Waals surface area contributed by atoms with Crippen LogP contribution in [0.25, 0.3) is 11.1 Å². The van der Waals surface area contributed by atoms with Crippen LogP contribution < -0.4 is 5.32 Å². The van der Waals surface area contributed by atoms with E-state index in [9.17, 15) is 4.79 Å². The first kappa shape index (κ1) is 16.2. The molecule has 0 radical (unpaired) electrons. The zero-order valence-corrected chi connectivity index (χ0v) is 14.4. The van der Waals surface area contributed by atoms with Gasteiger partial charge in [0.05, 0.1) is 5.69 Å². The lowest BCUT2D eigenvalue weighted by molar-refractivity contribution is -0.122. The Morgan fingerprint density at radius 3 is 2.52 bits per heavy atom. The second kappa shape index (κ2) is 7.30. The summed E-state index contributed by atoms with van der Waals surface area (Å²) >= 11 is 0. The van der Waals surface area contributed by atoms with Crippen LogP contribution in [0, 0.1) is 11.8 Å². The number of pyridine rings is 1. The maximum atomic E-state index is 11.8. The van der Waals surface area contributed by atoms with Gasteiger partial charge >= 0.3 is 0 Å². The Morgan fingerprint density at radius 2 is 1.80 bits per heavy atom. The molecule has 2 fully saturated rings. The molecular weight excluding hydrogens is 312 g/mol. The van der Waals surface area contributed by atoms with Crippen molar-refractivity contribution < 1.29 is 4.79 Å². The van der Waals surface area contributed by atoms with Gasteiger partial charge in [-0.25, -0.2) is 9.97 Å². The van der Waals surface area contributed by atoms with Crippen LogP contribution in [-0.2, 0) is 4.79 Å². The number of aromatic nitrogens is 3. The molecule has 0 saturated heterocycles. The predicted octanol–water partition coefficient (Wildman–Crippen LogP) is 3.34. The Kier molecular flexibility index (Phi) is 4.72. The van der Waals surface area contributed by atoms with Gasteiger partial charge in [0.1, 0.15) is 6.33 Å². The highest BCUT2D eigenvalue weighted by Gasteiger charge is 2.30. The predicted molar refractivity (Wildman–Crippen MR) is 95.7 cm³/mol. The topological polar surface area (TPSA) is 67.8 Å². The van der Waals surface area contributed by atoms with Crippen LogP contribution in [0.5, 0.6) is 0 Å². The number of carbonyl (C=O) groups excluding carboxylic acids is 1. The summed E-state index contributed by atoms with van der Waals surface area (Å²) in [6, 6.07) is 4.03. The number of carbonyl (C=O) groups is 1. The first-order valence-corrected chi connectivity index (χ1v) is 9.29. The van der Waals surface area contributed by atoms with E-state index in [1.807, 2.05) is 30.7 Å². The molecule has 1 amide bonds. The molecule has 2 aliphatic rings. The van der Waals surface area contributed by atoms with Gasteiger partial charge < -0.3 is 5.32 Å². The quantitative estimate of drug-likeness (QED) is 0.909. The molecule has 0 bridgehead atoms. The van der Waals surface area contributed by atoms with E-state index < -0.39 is 0 Å². The lowest BCUT2D eigenvalue weighted by atomic mass is 9.79. The molecule has 0 aromatic carbocycles. The van der Waals surface area contributed by atoms with E-state index in [1.54, 1.807) is 6.33 Å². The van der Waals surface area contributed by atoms with Gasteiger partial charge in [-0.15, -0.1) is 0 Å². The first-order valence-electron chi connectivity index (χ1n) is 9.29. The van der Waals surface area contributed by atoms with Crippen molar-refractivity contribution in [3.05, 3.63) is 42.7 Å². The fraction of sp³-hybridized carbons (Fsp3) is 0.500. The summed E-state index contributed by atoms with van der Waals surface area (Å²) in [7, 11) is 0. The van der Waals surface area contributed by atoms with Crippen LogP contribution in [0.1, 0.15) is 50.1 Å². The maximum Gasteiger partial charge on any atom is 0.223 e. The molecule has 2 aliphatic carbocycles. The molecule has 1 N–H and O–H groups in total. The number of rotatable bonds is 5. The fourth-order valence-electron chi connectivity index (χ4n) is 3.79. The van der Waals surface area contributed by atoms with Crippen molar-refractivity contribution in [1.82, 2.24) is 20.3 Å². The fourth-order valence-corrected chi connectivity index (χ4v) is 3.79. The molecule has 2 saturated carbocycles. The second-order valence-corrected chi connectivity index (χ2v) is 7.29. The highest BCUT2D eigenvalue weighted by molar-refractivity contribution is 5.80. The van der Waals surface area contributed by atoms with Crippen molar-refractivity contribution in [2.24, 2.45) is 11.8 Å². The Labute approximate surface area is 148 Å². The second-order valence-electron chi connectivity index (χ2n) is 7.29. The number of hydrogen-bond acceptors (Lipinski definition) is 4. The van der Waals surface area contributed by atoms with Gasteiger partial charge in [0.15, 0.2) is 0 Å². The summed E-state index contributed by atoms with van der Waals surface area (Å²) < 4.78 is 0. The largest absolute Gasteiger partial charge is 0.356 e. The molecule has 0 spiro atoms. The Morgan fingerprint density at radius 1 is 1.04 bits per heavy atom. The minimum absolute atomic E-state index is 0.262. The minimum atomic E-state index is 0.262. The summed E-state index contributed by atoms with van der Waals surface area (Å²) in [6.45, 7) is 0.836. The van der Waals surface area contributed by atoms with Crippen LogP contribution >= 0.6 is 0 Å². The third kappa shape index (κ3) is 3.86. The highest BCUT2D eigenvalue weighted by atomic mass is 16.2. The molecule has 25 heavy (non-hydrogen) atoms. The molecule has 5 heteroatoms. The molecule has 130 valence electrons. The average Bonchev–Trinajstić information content (AvgIpc) is 3.53. The molecule has 0 atom stereocenters. The zero-order valence-electron chi connectivity index (χ0n) is 14.4. The lowest BCUT2D eigenvalue weighted by Crippen LogP contribution is -2.32. The summed E-state index contributed by atoms with van der Waals surface area (Å²) in [6.07, 6.45) is 13.9. The van der Waals surface area contributed by atoms with Gasteiger partial charge in [-0.1, -0.05) is 0 Å². The lowest BCUT2D eigenvalue weighted by Gasteiger charge is -2.29. The van der Waals surface area contributed by atoms with Gasteiger partial charge in [0.2, 0.25) is 5.91 Å². The van der Waals surface area contributed by atoms with Crippen molar-refractivity contribution in [3.8, 4) is 11.1 Å². The number of nitrogens with one attached hydrogen (secondary N) is 1. The van der Waals surface area contributed by atoms with E-state index in [0.29, 0.717) is 17.8 Å². The summed E-state index contributed by atoms with van der Waals surface area (Å²) in [5.74, 6) is 1.64. The van der Waals surface area contributed by atoms with Gasteiger partial charge in [-0.05, 0) is 62.1 Å². The van der Waals surface area contributed by atoms with Gasteiger partial charge in [-0.2, -0.15) is 0 Å². The van der Waals surface area contributed by atoms with Crippen molar-refractivity contribution in [1.29, 1.82) is 0 Å². The van der Waals surface area contributed by atoms with E-state index in [-0.39, 0.29) is 5.91 Å². The molecule has 4 rings (SSSR count). The van der Waals surface area contributed by atoms with E-state index in [2.05, 4.69) is 20.3 Å². The van der Waals surface area contributed by atoms with Crippen LogP contribution in [0.4, 0.5) is 0 Å². The molecule has 5 nitrogen and oxygen atoms in total. The normalized spacial score (nSPS) is 23.2. The smallest absolute Gasteiger partial charge is 0.223 e. The van der Waals surface area contributed by atoms with Gasteiger partial charge in [0.25, 0.3) is 0 Å². The van der Waals surface area contributed by atoms with Gasteiger partial charge in [-0.3, -0.25) is 9.78 Å². The third-order valence-electron chi connectivity index (χ3n) is 5.48. The molecule has 0 aliphatic heterocycles. The summed E-state index contributed by atoms with van der Waals surface area (Å²) in [5.41, 5.74) is 3.40. The monoisotopic (exact) mass is 336 g/mol. The van der Waals surface area contributed by atoms with Crippen molar-refractivity contribution in [3.63, 3.8) is 0 Å². The first-order chi connectivity index (χ1) is 12.3. The van der Waals surface area contributed by atoms with Gasteiger partial charge in [0, 0.05) is 42.5 Å². The molecule has 0 unspecified atom stereocenters.